The number of rotatable bonds is 6. The van der Waals surface area contributed by atoms with E-state index in [4.69, 9.17) is 4.74 Å². The van der Waals surface area contributed by atoms with Gasteiger partial charge < -0.3 is 9.64 Å². The molecular weight excluding hydrogens is 354 g/mol. The minimum atomic E-state index is -0.217. The Balaban J connectivity index is 1.80. The Morgan fingerprint density at radius 1 is 1.25 bits per heavy atom. The molecule has 2 atom stereocenters. The largest absolute Gasteiger partial charge is 0.371 e. The lowest BCUT2D eigenvalue weighted by atomic mass is 10.0. The number of benzene rings is 1. The quantitative estimate of drug-likeness (QED) is 0.766. The van der Waals surface area contributed by atoms with Gasteiger partial charge in [-0.05, 0) is 25.3 Å². The monoisotopic (exact) mass is 385 g/mol. The van der Waals surface area contributed by atoms with Crippen LogP contribution in [-0.2, 0) is 16.1 Å². The Kier molecular flexibility index (Phi) is 6.50. The summed E-state index contributed by atoms with van der Waals surface area (Å²) in [7, 11) is 0. The van der Waals surface area contributed by atoms with Gasteiger partial charge in [0.2, 0.25) is 5.91 Å². The lowest BCUT2D eigenvalue weighted by molar-refractivity contribution is -0.150. The molecule has 3 rings (SSSR count). The van der Waals surface area contributed by atoms with Crippen molar-refractivity contribution in [3.05, 3.63) is 40.3 Å². The molecule has 0 saturated carbocycles. The molecule has 2 heterocycles. The average Bonchev–Trinajstić information content (AvgIpc) is 2.70. The van der Waals surface area contributed by atoms with Gasteiger partial charge in [-0.25, -0.2) is 4.68 Å². The van der Waals surface area contributed by atoms with Gasteiger partial charge in [0, 0.05) is 18.5 Å². The summed E-state index contributed by atoms with van der Waals surface area (Å²) in [6.07, 6.45) is 3.24. The summed E-state index contributed by atoms with van der Waals surface area (Å²) in [6, 6.07) is 7.40. The molecule has 0 unspecified atom stereocenters. The Labute approximate surface area is 166 Å². The van der Waals surface area contributed by atoms with Crippen LogP contribution in [0.4, 0.5) is 0 Å². The van der Waals surface area contributed by atoms with Crippen LogP contribution in [0.3, 0.4) is 0 Å². The van der Waals surface area contributed by atoms with E-state index in [0.717, 1.165) is 30.3 Å². The van der Waals surface area contributed by atoms with E-state index in [1.807, 2.05) is 30.0 Å². The van der Waals surface area contributed by atoms with Crippen LogP contribution >= 0.6 is 0 Å². The highest BCUT2D eigenvalue weighted by Gasteiger charge is 2.32. The predicted octanol–water partition coefficient (Wildman–Crippen LogP) is 3.15. The highest BCUT2D eigenvalue weighted by atomic mass is 16.5. The van der Waals surface area contributed by atoms with E-state index >= 15 is 0 Å². The number of carbonyl (C=O) groups is 1. The lowest BCUT2D eigenvalue weighted by Crippen LogP contribution is -2.52. The van der Waals surface area contributed by atoms with Gasteiger partial charge in [0.05, 0.1) is 23.3 Å². The Morgan fingerprint density at radius 3 is 2.64 bits per heavy atom. The van der Waals surface area contributed by atoms with Gasteiger partial charge in [-0.15, -0.1) is 0 Å². The van der Waals surface area contributed by atoms with Crippen LogP contribution in [-0.4, -0.2) is 45.9 Å². The van der Waals surface area contributed by atoms with Gasteiger partial charge in [-0.1, -0.05) is 51.8 Å². The molecule has 28 heavy (non-hydrogen) atoms. The van der Waals surface area contributed by atoms with Gasteiger partial charge in [-0.2, -0.15) is 5.10 Å². The van der Waals surface area contributed by atoms with Gasteiger partial charge in [0.15, 0.2) is 0 Å². The number of unbranched alkanes of at least 4 members (excludes halogenated alkanes) is 1. The fourth-order valence-electron chi connectivity index (χ4n) is 3.77. The molecule has 6 nitrogen and oxygen atoms in total. The average molecular weight is 386 g/mol. The molecule has 0 spiro atoms. The zero-order valence-corrected chi connectivity index (χ0v) is 17.4. The zero-order valence-electron chi connectivity index (χ0n) is 17.4. The second-order valence-corrected chi connectivity index (χ2v) is 8.08. The number of aryl methyl sites for hydroxylation is 1. The van der Waals surface area contributed by atoms with Crippen LogP contribution in [0, 0.1) is 12.8 Å². The molecule has 0 bridgehead atoms. The van der Waals surface area contributed by atoms with Crippen molar-refractivity contribution in [3.63, 3.8) is 0 Å². The van der Waals surface area contributed by atoms with Gasteiger partial charge >= 0.3 is 0 Å². The van der Waals surface area contributed by atoms with E-state index in [0.29, 0.717) is 24.4 Å². The molecular formula is C22H31N3O3. The van der Waals surface area contributed by atoms with Crippen LogP contribution in [0.25, 0.3) is 10.8 Å². The SMILES string of the molecule is CCCC[C@@H]1CN(C(=O)Cn2nc(C)c3ccccc3c2=O)C[C@H](C(C)C)O1. The first-order valence-electron chi connectivity index (χ1n) is 10.3. The van der Waals surface area contributed by atoms with Crippen molar-refractivity contribution in [2.24, 2.45) is 5.92 Å². The summed E-state index contributed by atoms with van der Waals surface area (Å²) in [5.41, 5.74) is 0.539. The van der Waals surface area contributed by atoms with E-state index in [1.54, 1.807) is 6.07 Å². The number of hydrogen-bond donors (Lipinski definition) is 0. The van der Waals surface area contributed by atoms with Crippen molar-refractivity contribution in [3.8, 4) is 0 Å². The zero-order chi connectivity index (χ0) is 20.3. The molecule has 152 valence electrons. The van der Waals surface area contributed by atoms with E-state index in [1.165, 1.54) is 4.68 Å². The molecule has 1 saturated heterocycles. The molecule has 0 radical (unpaired) electrons. The minimum absolute atomic E-state index is 0.0302. The third-order valence-corrected chi connectivity index (χ3v) is 5.50. The third-order valence-electron chi connectivity index (χ3n) is 5.50. The van der Waals surface area contributed by atoms with Crippen LogP contribution in [0.2, 0.25) is 0 Å². The number of carbonyl (C=O) groups excluding carboxylic acids is 1. The van der Waals surface area contributed by atoms with Crippen molar-refractivity contribution < 1.29 is 9.53 Å². The van der Waals surface area contributed by atoms with E-state index < -0.39 is 0 Å². The molecule has 1 aliphatic rings. The highest BCUT2D eigenvalue weighted by molar-refractivity contribution is 5.83. The molecule has 0 aliphatic carbocycles. The van der Waals surface area contributed by atoms with Crippen molar-refractivity contribution in [1.29, 1.82) is 0 Å². The molecule has 1 fully saturated rings. The molecule has 1 amide bonds. The van der Waals surface area contributed by atoms with E-state index in [9.17, 15) is 9.59 Å². The first-order chi connectivity index (χ1) is 13.4. The first kappa shape index (κ1) is 20.5. The van der Waals surface area contributed by atoms with E-state index in [-0.39, 0.29) is 30.2 Å². The second-order valence-electron chi connectivity index (χ2n) is 8.08. The molecule has 2 aromatic rings. The molecule has 1 aliphatic heterocycles. The van der Waals surface area contributed by atoms with Crippen molar-refractivity contribution in [2.45, 2.75) is 65.7 Å². The number of hydrogen-bond acceptors (Lipinski definition) is 4. The maximum atomic E-state index is 13.0. The summed E-state index contributed by atoms with van der Waals surface area (Å²) < 4.78 is 7.51. The highest BCUT2D eigenvalue weighted by Crippen LogP contribution is 2.21. The molecule has 6 heteroatoms. The topological polar surface area (TPSA) is 64.4 Å². The summed E-state index contributed by atoms with van der Waals surface area (Å²) >= 11 is 0. The number of aromatic nitrogens is 2. The summed E-state index contributed by atoms with van der Waals surface area (Å²) in [6.45, 7) is 9.39. The van der Waals surface area contributed by atoms with Crippen LogP contribution < -0.4 is 5.56 Å². The summed E-state index contributed by atoms with van der Waals surface area (Å²) in [4.78, 5) is 27.7. The van der Waals surface area contributed by atoms with Crippen LogP contribution in [0.5, 0.6) is 0 Å². The predicted molar refractivity (Wildman–Crippen MR) is 110 cm³/mol. The third kappa shape index (κ3) is 4.43. The van der Waals surface area contributed by atoms with Crippen molar-refractivity contribution in [2.75, 3.05) is 13.1 Å². The summed E-state index contributed by atoms with van der Waals surface area (Å²) in [5, 5.41) is 5.82. The van der Waals surface area contributed by atoms with Crippen LogP contribution in [0.1, 0.15) is 45.7 Å². The second kappa shape index (κ2) is 8.86. The number of morpholine rings is 1. The molecule has 1 aromatic heterocycles. The number of fused-ring (bicyclic) bond motifs is 1. The fourth-order valence-corrected chi connectivity index (χ4v) is 3.77. The fraction of sp³-hybridized carbons (Fsp3) is 0.591. The maximum Gasteiger partial charge on any atom is 0.275 e. The Bertz CT molecular complexity index is 890. The molecule has 1 aromatic carbocycles. The van der Waals surface area contributed by atoms with Gasteiger partial charge in [0.25, 0.3) is 5.56 Å². The van der Waals surface area contributed by atoms with Gasteiger partial charge in [0.1, 0.15) is 6.54 Å². The maximum absolute atomic E-state index is 13.0. The van der Waals surface area contributed by atoms with Crippen molar-refractivity contribution in [1.82, 2.24) is 14.7 Å². The Hall–Kier alpha value is -2.21. The first-order valence-corrected chi connectivity index (χ1v) is 10.3. The standard InChI is InChI=1S/C22H31N3O3/c1-5-6-9-17-12-24(13-20(28-17)15(2)3)21(26)14-25-22(27)19-11-8-7-10-18(19)16(4)23-25/h7-8,10-11,15,17,20H,5-6,9,12-14H2,1-4H3/t17-,20-/m1/s1. The normalized spacial score (nSPS) is 20.1. The molecule has 0 N–H and O–H groups in total. The lowest BCUT2D eigenvalue weighted by Gasteiger charge is -2.40. The number of amides is 1. The van der Waals surface area contributed by atoms with E-state index in [2.05, 4.69) is 25.9 Å². The number of ether oxygens (including phenoxy) is 1. The van der Waals surface area contributed by atoms with Crippen LogP contribution in [0.15, 0.2) is 29.1 Å². The Morgan fingerprint density at radius 2 is 1.96 bits per heavy atom. The minimum Gasteiger partial charge on any atom is -0.371 e. The smallest absolute Gasteiger partial charge is 0.275 e. The van der Waals surface area contributed by atoms with Crippen molar-refractivity contribution >= 4 is 16.7 Å². The van der Waals surface area contributed by atoms with Gasteiger partial charge in [-0.3, -0.25) is 9.59 Å². The number of nitrogens with zero attached hydrogens (tertiary/aromatic N) is 3. The summed E-state index contributed by atoms with van der Waals surface area (Å²) in [5.74, 6) is 0.267.